The Labute approximate surface area is 83.1 Å². The van der Waals surface area contributed by atoms with Gasteiger partial charge in [0.25, 0.3) is 0 Å². The van der Waals surface area contributed by atoms with Crippen LogP contribution in [-0.2, 0) is 19.6 Å². The van der Waals surface area contributed by atoms with E-state index in [1.807, 2.05) is 6.20 Å². The van der Waals surface area contributed by atoms with E-state index in [4.69, 9.17) is 5.73 Å². The molecule has 1 aromatic rings. The minimum absolute atomic E-state index is 0.441. The Hall–Kier alpha value is -1.00. The van der Waals surface area contributed by atoms with Gasteiger partial charge in [-0.15, -0.1) is 0 Å². The summed E-state index contributed by atoms with van der Waals surface area (Å²) in [5.74, 6) is 0.765. The van der Waals surface area contributed by atoms with Gasteiger partial charge in [-0.3, -0.25) is 4.90 Å². The Bertz CT molecular complexity index is 359. The fraction of sp³-hybridized carbons (Fsp3) is 0.600. The van der Waals surface area contributed by atoms with E-state index < -0.39 is 0 Å². The predicted molar refractivity (Wildman–Crippen MR) is 52.2 cm³/mol. The molecule has 0 radical (unpaired) electrons. The van der Waals surface area contributed by atoms with Gasteiger partial charge in [-0.05, 0) is 12.8 Å². The summed E-state index contributed by atoms with van der Waals surface area (Å²) in [6.45, 7) is 2.47. The molecule has 2 N–H and O–H groups in total. The lowest BCUT2D eigenvalue weighted by Gasteiger charge is -2.11. The number of hydrogen-bond acceptors (Lipinski definition) is 4. The molecular formula is C10H14N4. The van der Waals surface area contributed by atoms with Gasteiger partial charge in [0.15, 0.2) is 0 Å². The normalized spacial score (nSPS) is 21.2. The van der Waals surface area contributed by atoms with Crippen molar-refractivity contribution in [2.45, 2.75) is 38.5 Å². The van der Waals surface area contributed by atoms with E-state index >= 15 is 0 Å². The maximum atomic E-state index is 5.51. The third-order valence-corrected chi connectivity index (χ3v) is 2.98. The van der Waals surface area contributed by atoms with E-state index in [0.717, 1.165) is 25.0 Å². The van der Waals surface area contributed by atoms with Gasteiger partial charge in [-0.1, -0.05) is 0 Å². The first kappa shape index (κ1) is 8.32. The van der Waals surface area contributed by atoms with Crippen LogP contribution >= 0.6 is 0 Å². The molecule has 1 fully saturated rings. The topological polar surface area (TPSA) is 55.0 Å². The van der Waals surface area contributed by atoms with E-state index in [9.17, 15) is 0 Å². The van der Waals surface area contributed by atoms with Gasteiger partial charge in [0, 0.05) is 30.9 Å². The maximum absolute atomic E-state index is 5.51. The van der Waals surface area contributed by atoms with Gasteiger partial charge in [-0.2, -0.15) is 0 Å². The van der Waals surface area contributed by atoms with E-state index in [-0.39, 0.29) is 0 Å². The van der Waals surface area contributed by atoms with Crippen molar-refractivity contribution in [3.8, 4) is 0 Å². The number of aromatic nitrogens is 2. The lowest BCUT2D eigenvalue weighted by Crippen LogP contribution is -2.18. The van der Waals surface area contributed by atoms with Gasteiger partial charge >= 0.3 is 0 Å². The van der Waals surface area contributed by atoms with Gasteiger partial charge in [0.05, 0.1) is 12.2 Å². The van der Waals surface area contributed by atoms with Crippen molar-refractivity contribution in [1.29, 1.82) is 0 Å². The summed E-state index contributed by atoms with van der Waals surface area (Å²) < 4.78 is 0. The summed E-state index contributed by atoms with van der Waals surface area (Å²) in [7, 11) is 0. The number of nitrogens with two attached hydrogens (primary N) is 1. The smallest absolute Gasteiger partial charge is 0.142 e. The van der Waals surface area contributed by atoms with Crippen LogP contribution in [0, 0.1) is 0 Å². The molecule has 74 valence electrons. The third kappa shape index (κ3) is 1.31. The quantitative estimate of drug-likeness (QED) is 0.734. The van der Waals surface area contributed by atoms with E-state index in [1.165, 1.54) is 24.1 Å². The number of hydrogen-bond donors (Lipinski definition) is 1. The van der Waals surface area contributed by atoms with E-state index in [0.29, 0.717) is 6.54 Å². The van der Waals surface area contributed by atoms with Crippen LogP contribution in [0.5, 0.6) is 0 Å². The second-order valence-corrected chi connectivity index (χ2v) is 4.10. The highest BCUT2D eigenvalue weighted by Crippen LogP contribution is 2.33. The first-order valence-corrected chi connectivity index (χ1v) is 5.14. The zero-order valence-electron chi connectivity index (χ0n) is 8.11. The van der Waals surface area contributed by atoms with Crippen molar-refractivity contribution in [2.24, 2.45) is 5.73 Å². The first-order valence-electron chi connectivity index (χ1n) is 5.14. The van der Waals surface area contributed by atoms with Crippen LogP contribution in [0.3, 0.4) is 0 Å². The highest BCUT2D eigenvalue weighted by molar-refractivity contribution is 5.22. The fourth-order valence-electron chi connectivity index (χ4n) is 2.02. The molecule has 4 nitrogen and oxygen atoms in total. The van der Waals surface area contributed by atoms with Crippen molar-refractivity contribution < 1.29 is 0 Å². The monoisotopic (exact) mass is 190 g/mol. The van der Waals surface area contributed by atoms with Crippen LogP contribution in [0.25, 0.3) is 0 Å². The highest BCUT2D eigenvalue weighted by Gasteiger charge is 2.33. The summed E-state index contributed by atoms with van der Waals surface area (Å²) in [6, 6.07) is 0.811. The van der Waals surface area contributed by atoms with Crippen LogP contribution < -0.4 is 5.73 Å². The molecule has 2 heterocycles. The Balaban J connectivity index is 1.86. The average Bonchev–Trinajstić information content (AvgIpc) is 2.97. The van der Waals surface area contributed by atoms with Gasteiger partial charge in [-0.25, -0.2) is 9.97 Å². The molecule has 1 aliphatic carbocycles. The van der Waals surface area contributed by atoms with Gasteiger partial charge in [0.1, 0.15) is 5.82 Å². The third-order valence-electron chi connectivity index (χ3n) is 2.98. The SMILES string of the molecule is NCc1ncc2c(n1)CN(C1CC1)C2. The molecule has 4 heteroatoms. The Morgan fingerprint density at radius 3 is 3.00 bits per heavy atom. The minimum Gasteiger partial charge on any atom is -0.324 e. The molecule has 14 heavy (non-hydrogen) atoms. The van der Waals surface area contributed by atoms with Crippen LogP contribution in [0.1, 0.15) is 29.9 Å². The van der Waals surface area contributed by atoms with Crippen molar-refractivity contribution in [3.05, 3.63) is 23.3 Å². The van der Waals surface area contributed by atoms with E-state index in [1.54, 1.807) is 0 Å². The average molecular weight is 190 g/mol. The Morgan fingerprint density at radius 1 is 1.43 bits per heavy atom. The van der Waals surface area contributed by atoms with Crippen LogP contribution in [-0.4, -0.2) is 20.9 Å². The van der Waals surface area contributed by atoms with Crippen LogP contribution in [0.2, 0.25) is 0 Å². The largest absolute Gasteiger partial charge is 0.324 e. The molecular weight excluding hydrogens is 176 g/mol. The second-order valence-electron chi connectivity index (χ2n) is 4.10. The Morgan fingerprint density at radius 2 is 2.29 bits per heavy atom. The molecule has 3 rings (SSSR count). The zero-order chi connectivity index (χ0) is 9.54. The zero-order valence-corrected chi connectivity index (χ0v) is 8.11. The van der Waals surface area contributed by atoms with Crippen LogP contribution in [0.4, 0.5) is 0 Å². The van der Waals surface area contributed by atoms with Crippen molar-refractivity contribution in [2.75, 3.05) is 0 Å². The molecule has 0 unspecified atom stereocenters. The minimum atomic E-state index is 0.441. The maximum Gasteiger partial charge on any atom is 0.142 e. The molecule has 2 aliphatic rings. The summed E-state index contributed by atoms with van der Waals surface area (Å²) in [5, 5.41) is 0. The fourth-order valence-corrected chi connectivity index (χ4v) is 2.02. The Kier molecular flexibility index (Phi) is 1.78. The lowest BCUT2D eigenvalue weighted by molar-refractivity contribution is 0.271. The number of fused-ring (bicyclic) bond motifs is 1. The standard InChI is InChI=1S/C10H14N4/c11-3-10-12-4-7-5-14(8-1-2-8)6-9(7)13-10/h4,8H,1-3,5-6,11H2. The van der Waals surface area contributed by atoms with Crippen molar-refractivity contribution in [1.82, 2.24) is 14.9 Å². The molecule has 1 saturated carbocycles. The summed E-state index contributed by atoms with van der Waals surface area (Å²) in [4.78, 5) is 11.2. The summed E-state index contributed by atoms with van der Waals surface area (Å²) >= 11 is 0. The van der Waals surface area contributed by atoms with Gasteiger partial charge in [0.2, 0.25) is 0 Å². The van der Waals surface area contributed by atoms with Crippen LogP contribution in [0.15, 0.2) is 6.20 Å². The molecule has 0 atom stereocenters. The molecule has 0 aromatic carbocycles. The second kappa shape index (κ2) is 3.00. The highest BCUT2D eigenvalue weighted by atomic mass is 15.2. The number of nitrogens with zero attached hydrogens (tertiary/aromatic N) is 3. The number of rotatable bonds is 2. The molecule has 0 saturated heterocycles. The molecule has 0 spiro atoms. The summed E-state index contributed by atoms with van der Waals surface area (Å²) in [5.41, 5.74) is 7.99. The van der Waals surface area contributed by atoms with E-state index in [2.05, 4.69) is 14.9 Å². The first-order chi connectivity index (χ1) is 6.86. The lowest BCUT2D eigenvalue weighted by atomic mass is 10.3. The summed E-state index contributed by atoms with van der Waals surface area (Å²) in [6.07, 6.45) is 4.64. The van der Waals surface area contributed by atoms with Crippen molar-refractivity contribution in [3.63, 3.8) is 0 Å². The molecule has 0 bridgehead atoms. The molecule has 0 amide bonds. The van der Waals surface area contributed by atoms with Gasteiger partial charge < -0.3 is 5.73 Å². The van der Waals surface area contributed by atoms with Crippen molar-refractivity contribution >= 4 is 0 Å². The molecule has 1 aliphatic heterocycles. The molecule has 1 aromatic heterocycles. The predicted octanol–water partition coefficient (Wildman–Crippen LogP) is 0.413.